The van der Waals surface area contributed by atoms with E-state index in [4.69, 9.17) is 4.74 Å². The van der Waals surface area contributed by atoms with E-state index < -0.39 is 5.60 Å². The summed E-state index contributed by atoms with van der Waals surface area (Å²) in [5.74, 6) is 1.07. The highest BCUT2D eigenvalue weighted by atomic mass is 32.2. The van der Waals surface area contributed by atoms with Crippen molar-refractivity contribution in [2.24, 2.45) is 0 Å². The summed E-state index contributed by atoms with van der Waals surface area (Å²) in [5, 5.41) is 1.92. The third kappa shape index (κ3) is 4.58. The van der Waals surface area contributed by atoms with Crippen molar-refractivity contribution in [1.29, 1.82) is 0 Å². The van der Waals surface area contributed by atoms with Crippen LogP contribution in [0.3, 0.4) is 0 Å². The Balaban J connectivity index is 1.88. The molecule has 2 rings (SSSR count). The third-order valence-electron chi connectivity index (χ3n) is 2.75. The average molecular weight is 340 g/mol. The first-order chi connectivity index (χ1) is 10.3. The fourth-order valence-electron chi connectivity index (χ4n) is 1.90. The Morgan fingerprint density at radius 3 is 2.86 bits per heavy atom. The fourth-order valence-corrected chi connectivity index (χ4v) is 3.60. The lowest BCUT2D eigenvalue weighted by Gasteiger charge is -2.19. The Labute approximate surface area is 137 Å². The summed E-state index contributed by atoms with van der Waals surface area (Å²) < 4.78 is 6.86. The zero-order valence-electron chi connectivity index (χ0n) is 13.2. The standard InChI is InChI=1S/C15H20N2O3S2/c1-10-8-22-14-16-11(7-12(18)17(10)14)9-21-6-5-13(19)20-15(2,3)4/h7-8H,5-6,9H2,1-4H3. The van der Waals surface area contributed by atoms with Gasteiger partial charge in [0, 0.05) is 28.6 Å². The van der Waals surface area contributed by atoms with Gasteiger partial charge in [0.1, 0.15) is 5.60 Å². The average Bonchev–Trinajstić information content (AvgIpc) is 2.75. The zero-order valence-corrected chi connectivity index (χ0v) is 14.8. The van der Waals surface area contributed by atoms with E-state index >= 15 is 0 Å². The van der Waals surface area contributed by atoms with E-state index in [2.05, 4.69) is 4.98 Å². The molecule has 0 N–H and O–H groups in total. The van der Waals surface area contributed by atoms with Gasteiger partial charge in [-0.3, -0.25) is 14.0 Å². The zero-order chi connectivity index (χ0) is 16.3. The molecule has 0 atom stereocenters. The van der Waals surface area contributed by atoms with Crippen LogP contribution in [-0.4, -0.2) is 26.7 Å². The van der Waals surface area contributed by atoms with Gasteiger partial charge in [0.05, 0.1) is 12.1 Å². The molecule has 0 unspecified atom stereocenters. The largest absolute Gasteiger partial charge is 0.460 e. The molecule has 0 radical (unpaired) electrons. The molecule has 0 aliphatic heterocycles. The summed E-state index contributed by atoms with van der Waals surface area (Å²) in [4.78, 5) is 28.8. The molecule has 7 heteroatoms. The second-order valence-electron chi connectivity index (χ2n) is 5.97. The molecule has 0 aliphatic carbocycles. The number of rotatable bonds is 5. The highest BCUT2D eigenvalue weighted by molar-refractivity contribution is 7.98. The molecule has 2 aromatic rings. The number of carbonyl (C=O) groups excluding carboxylic acids is 1. The van der Waals surface area contributed by atoms with Crippen LogP contribution in [0.25, 0.3) is 4.96 Å². The quantitative estimate of drug-likeness (QED) is 0.618. The van der Waals surface area contributed by atoms with Crippen molar-refractivity contribution in [3.05, 3.63) is 33.2 Å². The Hall–Kier alpha value is -1.34. The van der Waals surface area contributed by atoms with Crippen molar-refractivity contribution in [2.75, 3.05) is 5.75 Å². The molecule has 0 bridgehead atoms. The predicted molar refractivity (Wildman–Crippen MR) is 90.7 cm³/mol. The molecule has 0 fully saturated rings. The predicted octanol–water partition coefficient (Wildman–Crippen LogP) is 3.03. The van der Waals surface area contributed by atoms with Gasteiger partial charge in [0.25, 0.3) is 5.56 Å². The van der Waals surface area contributed by atoms with Gasteiger partial charge >= 0.3 is 5.97 Å². The van der Waals surface area contributed by atoms with Gasteiger partial charge in [0.2, 0.25) is 0 Å². The van der Waals surface area contributed by atoms with Crippen molar-refractivity contribution in [2.45, 2.75) is 45.5 Å². The summed E-state index contributed by atoms with van der Waals surface area (Å²) >= 11 is 3.04. The van der Waals surface area contributed by atoms with Crippen LogP contribution in [0.2, 0.25) is 0 Å². The highest BCUT2D eigenvalue weighted by Gasteiger charge is 2.15. The van der Waals surface area contributed by atoms with E-state index in [1.807, 2.05) is 33.1 Å². The van der Waals surface area contributed by atoms with Gasteiger partial charge in [-0.25, -0.2) is 4.98 Å². The second kappa shape index (κ2) is 6.83. The molecule has 5 nitrogen and oxygen atoms in total. The molecule has 0 spiro atoms. The first-order valence-electron chi connectivity index (χ1n) is 7.02. The highest BCUT2D eigenvalue weighted by Crippen LogP contribution is 2.16. The lowest BCUT2D eigenvalue weighted by Crippen LogP contribution is -2.24. The summed E-state index contributed by atoms with van der Waals surface area (Å²) in [6.45, 7) is 7.46. The summed E-state index contributed by atoms with van der Waals surface area (Å²) in [5.41, 5.74) is 1.16. The minimum Gasteiger partial charge on any atom is -0.460 e. The number of hydrogen-bond acceptors (Lipinski definition) is 6. The van der Waals surface area contributed by atoms with Crippen molar-refractivity contribution in [1.82, 2.24) is 9.38 Å². The maximum absolute atomic E-state index is 12.0. The maximum Gasteiger partial charge on any atom is 0.307 e. The number of carbonyl (C=O) groups is 1. The number of thiazole rings is 1. The topological polar surface area (TPSA) is 60.7 Å². The molecule has 0 amide bonds. The Morgan fingerprint density at radius 1 is 1.45 bits per heavy atom. The van der Waals surface area contributed by atoms with E-state index in [9.17, 15) is 9.59 Å². The third-order valence-corrected chi connectivity index (χ3v) is 4.69. The molecular weight excluding hydrogens is 320 g/mol. The number of thioether (sulfide) groups is 1. The minimum atomic E-state index is -0.444. The molecule has 0 aromatic carbocycles. The second-order valence-corrected chi connectivity index (χ2v) is 7.91. The monoisotopic (exact) mass is 340 g/mol. The Morgan fingerprint density at radius 2 is 2.18 bits per heavy atom. The van der Waals surface area contributed by atoms with E-state index in [1.54, 1.807) is 22.2 Å². The lowest BCUT2D eigenvalue weighted by atomic mass is 10.2. The van der Waals surface area contributed by atoms with Crippen LogP contribution in [0.5, 0.6) is 0 Å². The molecular formula is C15H20N2O3S2. The Kier molecular flexibility index (Phi) is 5.28. The van der Waals surface area contributed by atoms with Gasteiger partial charge in [-0.1, -0.05) is 0 Å². The summed E-state index contributed by atoms with van der Waals surface area (Å²) in [6.07, 6.45) is 0.362. The molecule has 120 valence electrons. The van der Waals surface area contributed by atoms with Crippen molar-refractivity contribution in [3.63, 3.8) is 0 Å². The lowest BCUT2D eigenvalue weighted by molar-refractivity contribution is -0.154. The van der Waals surface area contributed by atoms with Crippen LogP contribution >= 0.6 is 23.1 Å². The first kappa shape index (κ1) is 17.0. The van der Waals surface area contributed by atoms with Crippen LogP contribution in [0.15, 0.2) is 16.2 Å². The van der Waals surface area contributed by atoms with E-state index in [-0.39, 0.29) is 11.5 Å². The Bertz CT molecular complexity index is 728. The van der Waals surface area contributed by atoms with Gasteiger partial charge < -0.3 is 4.74 Å². The van der Waals surface area contributed by atoms with Crippen LogP contribution in [0, 0.1) is 6.92 Å². The van der Waals surface area contributed by atoms with Gasteiger partial charge in [-0.15, -0.1) is 11.3 Å². The van der Waals surface area contributed by atoms with Gasteiger partial charge in [0.15, 0.2) is 4.96 Å². The molecule has 0 saturated heterocycles. The van der Waals surface area contributed by atoms with E-state index in [1.165, 1.54) is 11.3 Å². The van der Waals surface area contributed by atoms with E-state index in [0.717, 1.165) is 11.4 Å². The number of nitrogens with zero attached hydrogens (tertiary/aromatic N) is 2. The normalized spacial score (nSPS) is 11.8. The minimum absolute atomic E-state index is 0.0495. The number of esters is 1. The molecule has 2 heterocycles. The van der Waals surface area contributed by atoms with Crippen molar-refractivity contribution < 1.29 is 9.53 Å². The van der Waals surface area contributed by atoms with Gasteiger partial charge in [-0.05, 0) is 27.7 Å². The molecule has 22 heavy (non-hydrogen) atoms. The van der Waals surface area contributed by atoms with E-state index in [0.29, 0.717) is 22.9 Å². The van der Waals surface area contributed by atoms with Crippen LogP contribution in [-0.2, 0) is 15.3 Å². The number of aryl methyl sites for hydroxylation is 1. The summed E-state index contributed by atoms with van der Waals surface area (Å²) in [6, 6.07) is 1.56. The number of aromatic nitrogens is 2. The van der Waals surface area contributed by atoms with Crippen LogP contribution in [0.4, 0.5) is 0 Å². The fraction of sp³-hybridized carbons (Fsp3) is 0.533. The van der Waals surface area contributed by atoms with Crippen LogP contribution < -0.4 is 5.56 Å². The maximum atomic E-state index is 12.0. The smallest absolute Gasteiger partial charge is 0.307 e. The van der Waals surface area contributed by atoms with Crippen molar-refractivity contribution in [3.8, 4) is 0 Å². The van der Waals surface area contributed by atoms with Crippen molar-refractivity contribution >= 4 is 34.0 Å². The number of ether oxygens (including phenoxy) is 1. The first-order valence-corrected chi connectivity index (χ1v) is 9.06. The van der Waals surface area contributed by atoms with Crippen LogP contribution in [0.1, 0.15) is 38.6 Å². The SMILES string of the molecule is Cc1csc2nc(CSCCC(=O)OC(C)(C)C)cc(=O)n12. The number of fused-ring (bicyclic) bond motifs is 1. The number of hydrogen-bond donors (Lipinski definition) is 0. The molecule has 0 aliphatic rings. The molecule has 2 aromatic heterocycles. The van der Waals surface area contributed by atoms with Gasteiger partial charge in [-0.2, -0.15) is 11.8 Å². The summed E-state index contributed by atoms with van der Waals surface area (Å²) in [7, 11) is 0. The molecule has 0 saturated carbocycles.